The molecule has 1 fully saturated rings. The third-order valence-electron chi connectivity index (χ3n) is 3.68. The van der Waals surface area contributed by atoms with Gasteiger partial charge in [0.2, 0.25) is 5.91 Å². The first-order chi connectivity index (χ1) is 12.0. The normalized spacial score (nSPS) is 14.4. The molecule has 126 valence electrons. The molecular weight excluding hydrogens is 328 g/mol. The van der Waals surface area contributed by atoms with Gasteiger partial charge in [-0.15, -0.1) is 0 Å². The quantitative estimate of drug-likeness (QED) is 0.749. The van der Waals surface area contributed by atoms with Crippen molar-refractivity contribution in [2.75, 3.05) is 18.5 Å². The molecule has 2 heterocycles. The lowest BCUT2D eigenvalue weighted by Gasteiger charge is -2.31. The van der Waals surface area contributed by atoms with E-state index in [1.165, 1.54) is 18.1 Å². The Labute approximate surface area is 142 Å². The summed E-state index contributed by atoms with van der Waals surface area (Å²) in [5.74, 6) is 2.69. The van der Waals surface area contributed by atoms with E-state index >= 15 is 0 Å². The predicted molar refractivity (Wildman–Crippen MR) is 86.7 cm³/mol. The van der Waals surface area contributed by atoms with Crippen LogP contribution < -0.4 is 4.90 Å². The smallest absolute Gasteiger partial charge is 0.327 e. The van der Waals surface area contributed by atoms with Gasteiger partial charge >= 0.3 is 6.03 Å². The molecular formula is C18H13F2N3O2. The number of anilines is 1. The number of rotatable bonds is 1. The maximum absolute atomic E-state index is 14.4. The zero-order valence-electron chi connectivity index (χ0n) is 13.3. The largest absolute Gasteiger partial charge is 0.331 e. The molecule has 0 atom stereocenters. The number of hydrogen-bond donors (Lipinski definition) is 0. The van der Waals surface area contributed by atoms with Gasteiger partial charge in [0.05, 0.1) is 0 Å². The number of amides is 3. The van der Waals surface area contributed by atoms with Crippen LogP contribution in [0.3, 0.4) is 0 Å². The topological polar surface area (TPSA) is 53.5 Å². The van der Waals surface area contributed by atoms with Gasteiger partial charge in [-0.1, -0.05) is 11.8 Å². The van der Waals surface area contributed by atoms with Crippen LogP contribution in [-0.2, 0) is 4.79 Å². The van der Waals surface area contributed by atoms with Gasteiger partial charge in [-0.3, -0.25) is 9.78 Å². The molecule has 3 amide bonds. The van der Waals surface area contributed by atoms with Crippen molar-refractivity contribution < 1.29 is 18.4 Å². The maximum atomic E-state index is 14.4. The number of carbonyl (C=O) groups is 2. The summed E-state index contributed by atoms with van der Waals surface area (Å²) in [5.41, 5.74) is 0.0109. The Hall–Kier alpha value is -3.27. The second-order valence-corrected chi connectivity index (χ2v) is 5.46. The lowest BCUT2D eigenvalue weighted by molar-refractivity contribution is -0.119. The van der Waals surface area contributed by atoms with E-state index in [9.17, 15) is 18.4 Å². The summed E-state index contributed by atoms with van der Waals surface area (Å²) < 4.78 is 28.8. The molecule has 0 saturated carbocycles. The fourth-order valence-electron chi connectivity index (χ4n) is 2.40. The number of nitrogens with zero attached hydrogens (tertiary/aromatic N) is 3. The minimum absolute atomic E-state index is 0.00365. The Kier molecular flexibility index (Phi) is 4.44. The molecule has 1 aromatic heterocycles. The van der Waals surface area contributed by atoms with Gasteiger partial charge < -0.3 is 4.90 Å². The van der Waals surface area contributed by atoms with E-state index in [1.54, 1.807) is 18.3 Å². The van der Waals surface area contributed by atoms with Crippen molar-refractivity contribution in [1.29, 1.82) is 0 Å². The van der Waals surface area contributed by atoms with Crippen LogP contribution >= 0.6 is 0 Å². The number of halogens is 2. The van der Waals surface area contributed by atoms with E-state index < -0.39 is 29.3 Å². The molecule has 0 spiro atoms. The van der Waals surface area contributed by atoms with Crippen molar-refractivity contribution in [3.63, 3.8) is 0 Å². The number of hydrogen-bond acceptors (Lipinski definition) is 3. The summed E-state index contributed by atoms with van der Waals surface area (Å²) in [6.45, 7) is 0.214. The first-order valence-corrected chi connectivity index (χ1v) is 7.46. The van der Waals surface area contributed by atoms with Crippen LogP contribution in [-0.4, -0.2) is 35.4 Å². The second-order valence-electron chi connectivity index (χ2n) is 5.46. The highest BCUT2D eigenvalue weighted by Gasteiger charge is 2.35. The molecule has 0 radical (unpaired) electrons. The number of benzene rings is 1. The molecule has 0 unspecified atom stereocenters. The van der Waals surface area contributed by atoms with E-state index in [4.69, 9.17) is 0 Å². The molecule has 1 aliphatic rings. The standard InChI is InChI=1S/C18H13F2N3O2/c1-22-8-6-16(24)23(18(22)25)17-14(19)9-13(10-15(17)20)5-4-12-3-2-7-21-11-12/h2-3,7,9-11H,6,8H2,1H3. The number of carbonyl (C=O) groups excluding carboxylic acids is 2. The van der Waals surface area contributed by atoms with Gasteiger partial charge in [0.1, 0.15) is 5.69 Å². The van der Waals surface area contributed by atoms with Gasteiger partial charge in [-0.05, 0) is 24.3 Å². The molecule has 25 heavy (non-hydrogen) atoms. The van der Waals surface area contributed by atoms with E-state index in [0.717, 1.165) is 12.1 Å². The van der Waals surface area contributed by atoms with Crippen LogP contribution in [0.4, 0.5) is 19.3 Å². The van der Waals surface area contributed by atoms with E-state index in [0.29, 0.717) is 10.5 Å². The van der Waals surface area contributed by atoms with E-state index in [2.05, 4.69) is 16.8 Å². The minimum atomic E-state index is -1.02. The van der Waals surface area contributed by atoms with Crippen LogP contribution in [0, 0.1) is 23.5 Å². The molecule has 5 nitrogen and oxygen atoms in total. The molecule has 0 bridgehead atoms. The molecule has 3 rings (SSSR count). The van der Waals surface area contributed by atoms with Crippen LogP contribution in [0.25, 0.3) is 0 Å². The summed E-state index contributed by atoms with van der Waals surface area (Å²) in [4.78, 5) is 29.7. The zero-order chi connectivity index (χ0) is 18.0. The number of urea groups is 1. The summed E-state index contributed by atoms with van der Waals surface area (Å²) >= 11 is 0. The van der Waals surface area contributed by atoms with Gasteiger partial charge in [0.15, 0.2) is 11.6 Å². The van der Waals surface area contributed by atoms with Crippen LogP contribution in [0.5, 0.6) is 0 Å². The molecule has 1 aliphatic heterocycles. The fraction of sp³-hybridized carbons (Fsp3) is 0.167. The Morgan fingerprint density at radius 2 is 1.80 bits per heavy atom. The summed E-state index contributed by atoms with van der Waals surface area (Å²) in [6.07, 6.45) is 3.11. The van der Waals surface area contributed by atoms with Gasteiger partial charge in [0, 0.05) is 43.5 Å². The van der Waals surface area contributed by atoms with Crippen molar-refractivity contribution in [2.24, 2.45) is 0 Å². The highest BCUT2D eigenvalue weighted by molar-refractivity contribution is 6.15. The van der Waals surface area contributed by atoms with Crippen molar-refractivity contribution >= 4 is 17.6 Å². The van der Waals surface area contributed by atoms with Crippen molar-refractivity contribution in [1.82, 2.24) is 9.88 Å². The van der Waals surface area contributed by atoms with Crippen molar-refractivity contribution in [2.45, 2.75) is 6.42 Å². The van der Waals surface area contributed by atoms with E-state index in [1.807, 2.05) is 0 Å². The third kappa shape index (κ3) is 3.33. The Balaban J connectivity index is 1.97. The second kappa shape index (κ2) is 6.69. The lowest BCUT2D eigenvalue weighted by atomic mass is 10.1. The SMILES string of the molecule is CN1CCC(=O)N(c2c(F)cc(C#Cc3cccnc3)cc2F)C1=O. The molecule has 7 heteroatoms. The highest BCUT2D eigenvalue weighted by atomic mass is 19.1. The van der Waals surface area contributed by atoms with Crippen molar-refractivity contribution in [3.05, 3.63) is 59.4 Å². The lowest BCUT2D eigenvalue weighted by Crippen LogP contribution is -2.51. The molecule has 0 N–H and O–H groups in total. The first-order valence-electron chi connectivity index (χ1n) is 7.46. The van der Waals surface area contributed by atoms with Gasteiger partial charge in [-0.25, -0.2) is 18.5 Å². The third-order valence-corrected chi connectivity index (χ3v) is 3.68. The van der Waals surface area contributed by atoms with Gasteiger partial charge in [0.25, 0.3) is 0 Å². The zero-order valence-corrected chi connectivity index (χ0v) is 13.3. The summed E-state index contributed by atoms with van der Waals surface area (Å²) in [5, 5.41) is 0. The Morgan fingerprint density at radius 1 is 1.12 bits per heavy atom. The maximum Gasteiger partial charge on any atom is 0.331 e. The van der Waals surface area contributed by atoms with Crippen molar-refractivity contribution in [3.8, 4) is 11.8 Å². The fourth-order valence-corrected chi connectivity index (χ4v) is 2.40. The highest BCUT2D eigenvalue weighted by Crippen LogP contribution is 2.28. The van der Waals surface area contributed by atoms with Gasteiger partial charge in [-0.2, -0.15) is 0 Å². The van der Waals surface area contributed by atoms with Crippen LogP contribution in [0.15, 0.2) is 36.7 Å². The number of pyridine rings is 1. The molecule has 2 aromatic rings. The van der Waals surface area contributed by atoms with Crippen LogP contribution in [0.2, 0.25) is 0 Å². The predicted octanol–water partition coefficient (Wildman–Crippen LogP) is 2.55. The minimum Gasteiger partial charge on any atom is -0.327 e. The average molecular weight is 341 g/mol. The number of imide groups is 1. The average Bonchev–Trinajstić information content (AvgIpc) is 2.60. The summed E-state index contributed by atoms with van der Waals surface area (Å²) in [6, 6.07) is 4.64. The number of aromatic nitrogens is 1. The first kappa shape index (κ1) is 16.6. The van der Waals surface area contributed by atoms with Crippen LogP contribution in [0.1, 0.15) is 17.5 Å². The molecule has 1 aromatic carbocycles. The Bertz CT molecular complexity index is 881. The monoisotopic (exact) mass is 341 g/mol. The summed E-state index contributed by atoms with van der Waals surface area (Å²) in [7, 11) is 1.46. The molecule has 1 saturated heterocycles. The molecule has 0 aliphatic carbocycles. The Morgan fingerprint density at radius 3 is 2.44 bits per heavy atom. The van der Waals surface area contributed by atoms with E-state index in [-0.39, 0.29) is 18.5 Å².